The smallest absolute Gasteiger partial charge is 0.191 e. The van der Waals surface area contributed by atoms with Crippen molar-refractivity contribution in [1.82, 2.24) is 15.6 Å². The van der Waals surface area contributed by atoms with E-state index in [4.69, 9.17) is 14.5 Å². The van der Waals surface area contributed by atoms with Crippen LogP contribution in [0.3, 0.4) is 0 Å². The second-order valence-electron chi connectivity index (χ2n) is 7.60. The molecule has 0 bridgehead atoms. The van der Waals surface area contributed by atoms with Gasteiger partial charge in [0.15, 0.2) is 5.96 Å². The lowest BCUT2D eigenvalue weighted by Crippen LogP contribution is -2.39. The molecule has 8 heteroatoms. The largest absolute Gasteiger partial charge is 0.497 e. The number of hydrogen-bond donors (Lipinski definition) is 2. The van der Waals surface area contributed by atoms with E-state index in [1.807, 2.05) is 18.2 Å². The van der Waals surface area contributed by atoms with Crippen LogP contribution in [-0.2, 0) is 11.8 Å². The van der Waals surface area contributed by atoms with Crippen LogP contribution in [0.5, 0.6) is 11.5 Å². The Morgan fingerprint density at radius 3 is 2.52 bits per heavy atom. The maximum atomic E-state index is 5.49. The van der Waals surface area contributed by atoms with Crippen molar-refractivity contribution in [3.05, 3.63) is 39.8 Å². The molecule has 2 aromatic rings. The molecular weight excluding hydrogens is 499 g/mol. The molecule has 0 aliphatic carbocycles. The Labute approximate surface area is 195 Å². The zero-order valence-electron chi connectivity index (χ0n) is 18.3. The van der Waals surface area contributed by atoms with Crippen molar-refractivity contribution in [2.75, 3.05) is 27.8 Å². The summed E-state index contributed by atoms with van der Waals surface area (Å²) in [5, 5.41) is 10.1. The molecular formula is C21H33IN4O2S. The quantitative estimate of drug-likeness (QED) is 0.311. The molecule has 0 aliphatic heterocycles. The number of thiazole rings is 1. The van der Waals surface area contributed by atoms with E-state index in [0.717, 1.165) is 46.7 Å². The molecule has 162 valence electrons. The summed E-state index contributed by atoms with van der Waals surface area (Å²) in [5.41, 5.74) is 2.25. The van der Waals surface area contributed by atoms with E-state index in [1.165, 1.54) is 0 Å². The SMILES string of the molecule is CN=C(NCCc1nc(C(C)(C)C)cs1)NC(C)c1cc(OC)ccc1OC.I. The van der Waals surface area contributed by atoms with Crippen molar-refractivity contribution in [2.45, 2.75) is 45.6 Å². The number of halogens is 1. The minimum Gasteiger partial charge on any atom is -0.497 e. The summed E-state index contributed by atoms with van der Waals surface area (Å²) in [5.74, 6) is 2.35. The number of nitrogens with one attached hydrogen (secondary N) is 2. The van der Waals surface area contributed by atoms with Crippen LogP contribution < -0.4 is 20.1 Å². The molecule has 1 aromatic heterocycles. The Morgan fingerprint density at radius 1 is 1.24 bits per heavy atom. The normalized spacial score (nSPS) is 12.7. The summed E-state index contributed by atoms with van der Waals surface area (Å²) in [6.45, 7) is 9.39. The van der Waals surface area contributed by atoms with Crippen LogP contribution in [0.25, 0.3) is 0 Å². The van der Waals surface area contributed by atoms with Crippen LogP contribution in [0.4, 0.5) is 0 Å². The molecule has 2 N–H and O–H groups in total. The van der Waals surface area contributed by atoms with Gasteiger partial charge in [-0.15, -0.1) is 35.3 Å². The third kappa shape index (κ3) is 7.33. The third-order valence-electron chi connectivity index (χ3n) is 4.43. The Bertz CT molecular complexity index is 802. The second-order valence-corrected chi connectivity index (χ2v) is 8.54. The Hall–Kier alpha value is -1.55. The van der Waals surface area contributed by atoms with Crippen LogP contribution in [0.1, 0.15) is 50.0 Å². The summed E-state index contributed by atoms with van der Waals surface area (Å²) in [6, 6.07) is 5.79. The standard InChI is InChI=1S/C21H32N4O2S.HI/c1-14(16-12-15(26-6)8-9-17(16)27-7)24-20(22-5)23-11-10-19-25-18(13-28-19)21(2,3)4;/h8-9,12-14H,10-11H2,1-7H3,(H2,22,23,24);1H. The molecule has 0 aliphatic rings. The number of ether oxygens (including phenoxy) is 2. The number of benzene rings is 1. The van der Waals surface area contributed by atoms with Gasteiger partial charge in [0.1, 0.15) is 11.5 Å². The van der Waals surface area contributed by atoms with E-state index in [1.54, 1.807) is 32.6 Å². The molecule has 1 atom stereocenters. The molecule has 0 saturated heterocycles. The first-order valence-electron chi connectivity index (χ1n) is 9.42. The van der Waals surface area contributed by atoms with Crippen LogP contribution in [0, 0.1) is 0 Å². The molecule has 0 saturated carbocycles. The van der Waals surface area contributed by atoms with Gasteiger partial charge in [0, 0.05) is 36.4 Å². The predicted octanol–water partition coefficient (Wildman–Crippen LogP) is 4.54. The zero-order chi connectivity index (χ0) is 20.7. The molecule has 1 unspecified atom stereocenters. The number of hydrogen-bond acceptors (Lipinski definition) is 5. The number of nitrogens with zero attached hydrogens (tertiary/aromatic N) is 2. The average Bonchev–Trinajstić information content (AvgIpc) is 3.15. The van der Waals surface area contributed by atoms with Gasteiger partial charge in [0.25, 0.3) is 0 Å². The van der Waals surface area contributed by atoms with E-state index in [-0.39, 0.29) is 35.4 Å². The van der Waals surface area contributed by atoms with Gasteiger partial charge in [-0.25, -0.2) is 4.98 Å². The first-order chi connectivity index (χ1) is 13.3. The van der Waals surface area contributed by atoms with Crippen LogP contribution >= 0.6 is 35.3 Å². The lowest BCUT2D eigenvalue weighted by atomic mass is 9.93. The van der Waals surface area contributed by atoms with Crippen LogP contribution in [0.2, 0.25) is 0 Å². The molecule has 0 spiro atoms. The molecule has 29 heavy (non-hydrogen) atoms. The molecule has 2 rings (SSSR count). The Balaban J connectivity index is 0.00000420. The number of aromatic nitrogens is 1. The van der Waals surface area contributed by atoms with Crippen molar-refractivity contribution in [1.29, 1.82) is 0 Å². The second kappa shape index (κ2) is 11.6. The summed E-state index contributed by atoms with van der Waals surface area (Å²) in [4.78, 5) is 9.07. The molecule has 0 fully saturated rings. The fourth-order valence-corrected chi connectivity index (χ4v) is 3.74. The highest BCUT2D eigenvalue weighted by Crippen LogP contribution is 2.29. The number of rotatable bonds is 7. The van der Waals surface area contributed by atoms with Gasteiger partial charge >= 0.3 is 0 Å². The van der Waals surface area contributed by atoms with Gasteiger partial charge in [-0.3, -0.25) is 4.99 Å². The van der Waals surface area contributed by atoms with Crippen LogP contribution in [-0.4, -0.2) is 38.8 Å². The first-order valence-corrected chi connectivity index (χ1v) is 10.3. The number of methoxy groups -OCH3 is 2. The molecule has 0 radical (unpaired) electrons. The van der Waals surface area contributed by atoms with Gasteiger partial charge in [-0.2, -0.15) is 0 Å². The van der Waals surface area contributed by atoms with E-state index >= 15 is 0 Å². The summed E-state index contributed by atoms with van der Waals surface area (Å²) in [7, 11) is 5.10. The average molecular weight is 532 g/mol. The van der Waals surface area contributed by atoms with Gasteiger partial charge in [0.2, 0.25) is 0 Å². The third-order valence-corrected chi connectivity index (χ3v) is 5.34. The monoisotopic (exact) mass is 532 g/mol. The minimum absolute atomic E-state index is 0. The van der Waals surface area contributed by atoms with Crippen molar-refractivity contribution in [3.63, 3.8) is 0 Å². The lowest BCUT2D eigenvalue weighted by Gasteiger charge is -2.20. The fraction of sp³-hybridized carbons (Fsp3) is 0.524. The van der Waals surface area contributed by atoms with Crippen LogP contribution in [0.15, 0.2) is 28.6 Å². The maximum absolute atomic E-state index is 5.49. The van der Waals surface area contributed by atoms with Crippen molar-refractivity contribution in [2.24, 2.45) is 4.99 Å². The van der Waals surface area contributed by atoms with Gasteiger partial charge < -0.3 is 20.1 Å². The molecule has 6 nitrogen and oxygen atoms in total. The zero-order valence-corrected chi connectivity index (χ0v) is 21.5. The van der Waals surface area contributed by atoms with E-state index in [9.17, 15) is 0 Å². The lowest BCUT2D eigenvalue weighted by molar-refractivity contribution is 0.394. The maximum Gasteiger partial charge on any atom is 0.191 e. The predicted molar refractivity (Wildman–Crippen MR) is 132 cm³/mol. The molecule has 1 heterocycles. The summed E-state index contributed by atoms with van der Waals surface area (Å²) >= 11 is 1.71. The number of aliphatic imine (C=N–C) groups is 1. The Kier molecular flexibility index (Phi) is 10.2. The molecule has 1 aromatic carbocycles. The Morgan fingerprint density at radius 2 is 1.97 bits per heavy atom. The highest BCUT2D eigenvalue weighted by molar-refractivity contribution is 14.0. The van der Waals surface area contributed by atoms with Gasteiger partial charge in [-0.1, -0.05) is 20.8 Å². The number of guanidine groups is 1. The van der Waals surface area contributed by atoms with E-state index in [2.05, 4.69) is 48.7 Å². The van der Waals surface area contributed by atoms with E-state index in [0.29, 0.717) is 0 Å². The highest BCUT2D eigenvalue weighted by Gasteiger charge is 2.17. The highest BCUT2D eigenvalue weighted by atomic mass is 127. The van der Waals surface area contributed by atoms with Crippen molar-refractivity contribution < 1.29 is 9.47 Å². The summed E-state index contributed by atoms with van der Waals surface area (Å²) in [6.07, 6.45) is 0.859. The topological polar surface area (TPSA) is 67.8 Å². The van der Waals surface area contributed by atoms with E-state index < -0.39 is 0 Å². The van der Waals surface area contributed by atoms with Gasteiger partial charge in [0.05, 0.1) is 31.0 Å². The summed E-state index contributed by atoms with van der Waals surface area (Å²) < 4.78 is 10.8. The van der Waals surface area contributed by atoms with Crippen molar-refractivity contribution >= 4 is 41.3 Å². The fourth-order valence-electron chi connectivity index (χ4n) is 2.71. The first kappa shape index (κ1) is 25.5. The molecule has 0 amide bonds. The van der Waals surface area contributed by atoms with Gasteiger partial charge in [-0.05, 0) is 25.1 Å². The van der Waals surface area contributed by atoms with Crippen molar-refractivity contribution in [3.8, 4) is 11.5 Å². The minimum atomic E-state index is 0.